The Morgan fingerprint density at radius 1 is 1.29 bits per heavy atom. The van der Waals surface area contributed by atoms with Gasteiger partial charge in [0.15, 0.2) is 0 Å². The highest BCUT2D eigenvalue weighted by Gasteiger charge is 2.04. The second-order valence-electron chi connectivity index (χ2n) is 2.83. The molecule has 72 valence electrons. The second kappa shape index (κ2) is 3.88. The predicted molar refractivity (Wildman–Crippen MR) is 58.4 cm³/mol. The lowest BCUT2D eigenvalue weighted by Gasteiger charge is -2.04. The molecule has 3 heteroatoms. The van der Waals surface area contributed by atoms with Crippen LogP contribution in [0.2, 0.25) is 0 Å². The molecule has 1 aromatic carbocycles. The summed E-state index contributed by atoms with van der Waals surface area (Å²) in [7, 11) is 1.64. The summed E-state index contributed by atoms with van der Waals surface area (Å²) in [5, 5.41) is 0. The highest BCUT2D eigenvalue weighted by Crippen LogP contribution is 2.30. The highest BCUT2D eigenvalue weighted by atomic mass is 79.9. The zero-order valence-electron chi connectivity index (χ0n) is 7.66. The molecular weight excluding hydrogens is 244 g/mol. The number of ether oxygens (including phenoxy) is 1. The molecular formula is C11H9BrO2. The number of benzene rings is 1. The Hall–Kier alpha value is -1.22. The molecule has 0 saturated heterocycles. The van der Waals surface area contributed by atoms with Crippen molar-refractivity contribution < 1.29 is 9.15 Å². The third kappa shape index (κ3) is 1.68. The van der Waals surface area contributed by atoms with Crippen LogP contribution >= 0.6 is 15.9 Å². The van der Waals surface area contributed by atoms with Crippen molar-refractivity contribution in [2.75, 3.05) is 7.11 Å². The number of halogens is 1. The van der Waals surface area contributed by atoms with Crippen molar-refractivity contribution >= 4 is 15.9 Å². The van der Waals surface area contributed by atoms with Crippen LogP contribution in [0, 0.1) is 0 Å². The summed E-state index contributed by atoms with van der Waals surface area (Å²) in [5.74, 6) is 1.65. The summed E-state index contributed by atoms with van der Waals surface area (Å²) in [6, 6.07) is 9.64. The molecule has 2 rings (SSSR count). The molecule has 0 spiro atoms. The summed E-state index contributed by atoms with van der Waals surface area (Å²) in [5.41, 5.74) is 1.01. The van der Waals surface area contributed by atoms with Crippen LogP contribution in [0.3, 0.4) is 0 Å². The minimum Gasteiger partial charge on any atom is -0.496 e. The lowest BCUT2D eigenvalue weighted by atomic mass is 10.2. The van der Waals surface area contributed by atoms with Crippen molar-refractivity contribution in [3.63, 3.8) is 0 Å². The third-order valence-electron chi connectivity index (χ3n) is 1.96. The van der Waals surface area contributed by atoms with Crippen LogP contribution < -0.4 is 4.74 Å². The maximum absolute atomic E-state index is 5.29. The Bertz CT molecular complexity index is 421. The van der Waals surface area contributed by atoms with E-state index in [0.29, 0.717) is 0 Å². The molecule has 0 aliphatic rings. The minimum atomic E-state index is 0.805. The van der Waals surface area contributed by atoms with Gasteiger partial charge < -0.3 is 9.15 Å². The van der Waals surface area contributed by atoms with Crippen LogP contribution in [0.1, 0.15) is 0 Å². The Labute approximate surface area is 90.6 Å². The SMILES string of the molecule is COc1cc(-c2ccco2)ccc1Br. The van der Waals surface area contributed by atoms with Crippen LogP contribution in [0.25, 0.3) is 11.3 Å². The average molecular weight is 253 g/mol. The summed E-state index contributed by atoms with van der Waals surface area (Å²) < 4.78 is 11.4. The summed E-state index contributed by atoms with van der Waals surface area (Å²) in [6.07, 6.45) is 1.66. The van der Waals surface area contributed by atoms with Gasteiger partial charge in [-0.25, -0.2) is 0 Å². The molecule has 0 aliphatic heterocycles. The van der Waals surface area contributed by atoms with Crippen LogP contribution in [-0.4, -0.2) is 7.11 Å². The van der Waals surface area contributed by atoms with Gasteiger partial charge in [-0.2, -0.15) is 0 Å². The van der Waals surface area contributed by atoms with E-state index in [1.165, 1.54) is 0 Å². The van der Waals surface area contributed by atoms with Crippen molar-refractivity contribution in [3.8, 4) is 17.1 Å². The molecule has 14 heavy (non-hydrogen) atoms. The Kier molecular flexibility index (Phi) is 2.59. The standard InChI is InChI=1S/C11H9BrO2/c1-13-11-7-8(4-5-9(11)12)10-3-2-6-14-10/h2-7H,1H3. The molecule has 0 unspecified atom stereocenters. The van der Waals surface area contributed by atoms with Crippen molar-refractivity contribution in [2.45, 2.75) is 0 Å². The van der Waals surface area contributed by atoms with Crippen molar-refractivity contribution in [2.24, 2.45) is 0 Å². The predicted octanol–water partition coefficient (Wildman–Crippen LogP) is 3.72. The topological polar surface area (TPSA) is 22.4 Å². The molecule has 0 atom stereocenters. The normalized spacial score (nSPS) is 10.1. The fourth-order valence-corrected chi connectivity index (χ4v) is 1.66. The molecule has 1 heterocycles. The molecule has 0 amide bonds. The summed E-state index contributed by atoms with van der Waals surface area (Å²) in [4.78, 5) is 0. The van der Waals surface area contributed by atoms with Crippen LogP contribution in [0.15, 0.2) is 45.5 Å². The van der Waals surface area contributed by atoms with Crippen molar-refractivity contribution in [3.05, 3.63) is 41.1 Å². The summed E-state index contributed by atoms with van der Waals surface area (Å²) in [6.45, 7) is 0. The first-order chi connectivity index (χ1) is 6.81. The number of methoxy groups -OCH3 is 1. The number of hydrogen-bond acceptors (Lipinski definition) is 2. The first kappa shape index (κ1) is 9.34. The van der Waals surface area contributed by atoms with Gasteiger partial charge in [-0.3, -0.25) is 0 Å². The van der Waals surface area contributed by atoms with Gasteiger partial charge >= 0.3 is 0 Å². The van der Waals surface area contributed by atoms with Crippen LogP contribution in [-0.2, 0) is 0 Å². The lowest BCUT2D eigenvalue weighted by Crippen LogP contribution is -1.84. The van der Waals surface area contributed by atoms with E-state index in [4.69, 9.17) is 9.15 Å². The summed E-state index contributed by atoms with van der Waals surface area (Å²) >= 11 is 3.40. The van der Waals surface area contributed by atoms with E-state index < -0.39 is 0 Å². The molecule has 0 fully saturated rings. The fraction of sp³-hybridized carbons (Fsp3) is 0.0909. The number of furan rings is 1. The van der Waals surface area contributed by atoms with Crippen LogP contribution in [0.5, 0.6) is 5.75 Å². The van der Waals surface area contributed by atoms with Crippen molar-refractivity contribution in [1.29, 1.82) is 0 Å². The van der Waals surface area contributed by atoms with Gasteiger partial charge in [0.05, 0.1) is 17.8 Å². The minimum absolute atomic E-state index is 0.805. The maximum Gasteiger partial charge on any atom is 0.133 e. The first-order valence-corrected chi connectivity index (χ1v) is 4.98. The van der Waals surface area contributed by atoms with Gasteiger partial charge in [-0.1, -0.05) is 0 Å². The monoisotopic (exact) mass is 252 g/mol. The molecule has 0 N–H and O–H groups in total. The molecule has 0 radical (unpaired) electrons. The number of rotatable bonds is 2. The van der Waals surface area contributed by atoms with E-state index in [-0.39, 0.29) is 0 Å². The van der Waals surface area contributed by atoms with E-state index >= 15 is 0 Å². The van der Waals surface area contributed by atoms with Crippen LogP contribution in [0.4, 0.5) is 0 Å². The van der Waals surface area contributed by atoms with E-state index in [2.05, 4.69) is 15.9 Å². The quantitative estimate of drug-likeness (QED) is 0.813. The lowest BCUT2D eigenvalue weighted by molar-refractivity contribution is 0.412. The Morgan fingerprint density at radius 3 is 2.79 bits per heavy atom. The molecule has 2 nitrogen and oxygen atoms in total. The highest BCUT2D eigenvalue weighted by molar-refractivity contribution is 9.10. The van der Waals surface area contributed by atoms with Gasteiger partial charge in [0.2, 0.25) is 0 Å². The Morgan fingerprint density at radius 2 is 2.14 bits per heavy atom. The average Bonchev–Trinajstić information content (AvgIpc) is 2.71. The zero-order chi connectivity index (χ0) is 9.97. The van der Waals surface area contributed by atoms with Gasteiger partial charge in [-0.05, 0) is 46.3 Å². The Balaban J connectivity index is 2.46. The van der Waals surface area contributed by atoms with E-state index in [9.17, 15) is 0 Å². The van der Waals surface area contributed by atoms with E-state index in [0.717, 1.165) is 21.5 Å². The molecule has 0 bridgehead atoms. The largest absolute Gasteiger partial charge is 0.496 e. The van der Waals surface area contributed by atoms with E-state index in [1.807, 2.05) is 30.3 Å². The van der Waals surface area contributed by atoms with Crippen molar-refractivity contribution in [1.82, 2.24) is 0 Å². The van der Waals surface area contributed by atoms with Gasteiger partial charge in [0.25, 0.3) is 0 Å². The second-order valence-corrected chi connectivity index (χ2v) is 3.68. The van der Waals surface area contributed by atoms with E-state index in [1.54, 1.807) is 13.4 Å². The maximum atomic E-state index is 5.29. The smallest absolute Gasteiger partial charge is 0.133 e. The zero-order valence-corrected chi connectivity index (χ0v) is 9.24. The molecule has 0 aliphatic carbocycles. The molecule has 1 aromatic heterocycles. The molecule has 0 saturated carbocycles. The first-order valence-electron chi connectivity index (χ1n) is 4.18. The van der Waals surface area contributed by atoms with Gasteiger partial charge in [-0.15, -0.1) is 0 Å². The fourth-order valence-electron chi connectivity index (χ4n) is 1.26. The third-order valence-corrected chi connectivity index (χ3v) is 2.61. The van der Waals surface area contributed by atoms with Gasteiger partial charge in [0, 0.05) is 5.56 Å². The molecule has 2 aromatic rings. The van der Waals surface area contributed by atoms with Gasteiger partial charge in [0.1, 0.15) is 11.5 Å². The number of hydrogen-bond donors (Lipinski definition) is 0.